The summed E-state index contributed by atoms with van der Waals surface area (Å²) in [5.74, 6) is -0.241. The third-order valence-corrected chi connectivity index (χ3v) is 4.91. The van der Waals surface area contributed by atoms with Crippen molar-refractivity contribution in [3.8, 4) is 5.69 Å². The number of nitrogens with one attached hydrogen (secondary N) is 1. The van der Waals surface area contributed by atoms with E-state index in [4.69, 9.17) is 11.6 Å². The molecule has 2 heterocycles. The maximum atomic E-state index is 13.3. The number of aromatic nitrogens is 5. The molecule has 4 aromatic rings. The van der Waals surface area contributed by atoms with Crippen LogP contribution in [0.25, 0.3) is 5.69 Å². The molecule has 0 spiro atoms. The van der Waals surface area contributed by atoms with Crippen LogP contribution in [0, 0.1) is 0 Å². The van der Waals surface area contributed by atoms with E-state index in [0.717, 1.165) is 14.8 Å². The monoisotopic (exact) mass is 450 g/mol. The van der Waals surface area contributed by atoms with Crippen molar-refractivity contribution >= 4 is 23.2 Å². The smallest absolute Gasteiger partial charge is 0.326 e. The van der Waals surface area contributed by atoms with Crippen LogP contribution in [0.3, 0.4) is 0 Å². The van der Waals surface area contributed by atoms with Crippen LogP contribution in [0.4, 0.5) is 5.69 Å². The molecule has 0 bridgehead atoms. The van der Waals surface area contributed by atoms with Crippen molar-refractivity contribution in [2.75, 3.05) is 5.32 Å². The van der Waals surface area contributed by atoms with E-state index in [9.17, 15) is 14.4 Å². The van der Waals surface area contributed by atoms with Crippen LogP contribution < -0.4 is 16.6 Å². The molecule has 1 amide bonds. The summed E-state index contributed by atoms with van der Waals surface area (Å²) >= 11 is 5.95. The largest absolute Gasteiger partial charge is 0.352 e. The van der Waals surface area contributed by atoms with Gasteiger partial charge in [-0.1, -0.05) is 29.8 Å². The molecule has 9 nitrogen and oxygen atoms in total. The van der Waals surface area contributed by atoms with Crippen molar-refractivity contribution in [3.63, 3.8) is 0 Å². The predicted octanol–water partition coefficient (Wildman–Crippen LogP) is 2.30. The van der Waals surface area contributed by atoms with Gasteiger partial charge >= 0.3 is 5.69 Å². The van der Waals surface area contributed by atoms with E-state index in [0.29, 0.717) is 16.4 Å². The highest BCUT2D eigenvalue weighted by molar-refractivity contribution is 6.30. The van der Waals surface area contributed by atoms with E-state index in [1.807, 2.05) is 0 Å². The maximum Gasteiger partial charge on any atom is 0.352 e. The fraction of sp³-hybridized carbons (Fsp3) is 0.136. The van der Waals surface area contributed by atoms with Crippen molar-refractivity contribution < 1.29 is 4.79 Å². The van der Waals surface area contributed by atoms with E-state index < -0.39 is 11.2 Å². The number of anilines is 1. The molecular formula is C22H19ClN6O3. The second-order valence-electron chi connectivity index (χ2n) is 7.09. The second kappa shape index (κ2) is 9.03. The molecule has 0 fully saturated rings. The third kappa shape index (κ3) is 4.68. The lowest BCUT2D eigenvalue weighted by Crippen LogP contribution is -2.43. The molecule has 0 unspecified atom stereocenters. The van der Waals surface area contributed by atoms with Gasteiger partial charge in [0, 0.05) is 30.0 Å². The van der Waals surface area contributed by atoms with Crippen molar-refractivity contribution in [2.45, 2.75) is 20.0 Å². The fourth-order valence-electron chi connectivity index (χ4n) is 3.21. The Bertz CT molecular complexity index is 1370. The zero-order valence-electron chi connectivity index (χ0n) is 17.1. The van der Waals surface area contributed by atoms with Gasteiger partial charge in [-0.05, 0) is 42.0 Å². The van der Waals surface area contributed by atoms with Crippen LogP contribution in [0.1, 0.15) is 18.2 Å². The molecule has 1 N–H and O–H groups in total. The molecular weight excluding hydrogens is 432 g/mol. The van der Waals surface area contributed by atoms with Crippen molar-refractivity contribution in [3.05, 3.63) is 104 Å². The van der Waals surface area contributed by atoms with E-state index in [-0.39, 0.29) is 24.7 Å². The summed E-state index contributed by atoms with van der Waals surface area (Å²) in [4.78, 5) is 37.8. The Morgan fingerprint density at radius 2 is 1.84 bits per heavy atom. The molecule has 32 heavy (non-hydrogen) atoms. The standard InChI is InChI=1S/C22H19ClN6O3/c1-15(30)25-18-4-2-5-19(12-18)29-22(32)28(13-16-6-8-17(23)9-7-16)21(31)20(26-29)14-27-11-3-10-24-27/h2-12H,13-14H2,1H3,(H,25,30). The lowest BCUT2D eigenvalue weighted by molar-refractivity contribution is -0.114. The first-order valence-electron chi connectivity index (χ1n) is 9.73. The van der Waals surface area contributed by atoms with Crippen molar-refractivity contribution in [1.82, 2.24) is 24.1 Å². The highest BCUT2D eigenvalue weighted by atomic mass is 35.5. The van der Waals surface area contributed by atoms with Crippen LogP contribution >= 0.6 is 11.6 Å². The first-order chi connectivity index (χ1) is 15.4. The summed E-state index contributed by atoms with van der Waals surface area (Å²) in [6, 6.07) is 15.3. The molecule has 2 aromatic carbocycles. The molecule has 2 aromatic heterocycles. The Balaban J connectivity index is 1.85. The van der Waals surface area contributed by atoms with Crippen LogP contribution in [0.2, 0.25) is 5.02 Å². The lowest BCUT2D eigenvalue weighted by atomic mass is 10.2. The van der Waals surface area contributed by atoms with E-state index in [2.05, 4.69) is 15.5 Å². The van der Waals surface area contributed by atoms with Gasteiger partial charge in [-0.25, -0.2) is 4.79 Å². The Labute approximate surface area is 187 Å². The first-order valence-corrected chi connectivity index (χ1v) is 10.1. The fourth-order valence-corrected chi connectivity index (χ4v) is 3.33. The molecule has 162 valence electrons. The van der Waals surface area contributed by atoms with Gasteiger partial charge in [0.15, 0.2) is 0 Å². The van der Waals surface area contributed by atoms with E-state index in [1.165, 1.54) is 6.92 Å². The van der Waals surface area contributed by atoms with Gasteiger partial charge in [0.05, 0.1) is 18.8 Å². The number of benzene rings is 2. The van der Waals surface area contributed by atoms with Gasteiger partial charge in [-0.2, -0.15) is 14.9 Å². The summed E-state index contributed by atoms with van der Waals surface area (Å²) in [6.07, 6.45) is 3.30. The number of carbonyl (C=O) groups excluding carboxylic acids is 1. The highest BCUT2D eigenvalue weighted by Crippen LogP contribution is 2.13. The van der Waals surface area contributed by atoms with Crippen molar-refractivity contribution in [2.24, 2.45) is 0 Å². The quantitative estimate of drug-likeness (QED) is 0.485. The Morgan fingerprint density at radius 1 is 1.06 bits per heavy atom. The molecule has 0 aliphatic carbocycles. The summed E-state index contributed by atoms with van der Waals surface area (Å²) in [6.45, 7) is 1.54. The zero-order valence-corrected chi connectivity index (χ0v) is 17.9. The average Bonchev–Trinajstić information content (AvgIpc) is 3.27. The van der Waals surface area contributed by atoms with E-state index >= 15 is 0 Å². The Hall–Kier alpha value is -3.98. The van der Waals surface area contributed by atoms with Crippen molar-refractivity contribution in [1.29, 1.82) is 0 Å². The number of rotatable bonds is 6. The molecule has 0 saturated carbocycles. The molecule has 0 aliphatic heterocycles. The first kappa shape index (κ1) is 21.3. The zero-order chi connectivity index (χ0) is 22.7. The van der Waals surface area contributed by atoms with Gasteiger partial charge < -0.3 is 5.32 Å². The van der Waals surface area contributed by atoms with E-state index in [1.54, 1.807) is 71.7 Å². The Kier molecular flexibility index (Phi) is 6.00. The number of carbonyl (C=O) groups is 1. The SMILES string of the molecule is CC(=O)Nc1cccc(-n2nc(Cn3cccn3)c(=O)n(Cc3ccc(Cl)cc3)c2=O)c1. The molecule has 0 saturated heterocycles. The number of hydrogen-bond acceptors (Lipinski definition) is 5. The number of nitrogens with zero attached hydrogens (tertiary/aromatic N) is 5. The maximum absolute atomic E-state index is 13.3. The summed E-state index contributed by atoms with van der Waals surface area (Å²) in [5.41, 5.74) is 0.694. The summed E-state index contributed by atoms with van der Waals surface area (Å²) in [5, 5.41) is 11.7. The number of hydrogen-bond donors (Lipinski definition) is 1. The molecule has 0 aliphatic rings. The van der Waals surface area contributed by atoms with Crippen LogP contribution in [-0.2, 0) is 17.9 Å². The van der Waals surface area contributed by atoms with Gasteiger partial charge in [0.2, 0.25) is 5.91 Å². The van der Waals surface area contributed by atoms with Gasteiger partial charge in [-0.15, -0.1) is 0 Å². The van der Waals surface area contributed by atoms with Crippen LogP contribution in [0.15, 0.2) is 76.6 Å². The predicted molar refractivity (Wildman–Crippen MR) is 120 cm³/mol. The average molecular weight is 451 g/mol. The minimum absolute atomic E-state index is 0.0504. The Morgan fingerprint density at radius 3 is 2.53 bits per heavy atom. The molecule has 0 atom stereocenters. The van der Waals surface area contributed by atoms with Gasteiger partial charge in [0.1, 0.15) is 5.69 Å². The minimum atomic E-state index is -0.603. The van der Waals surface area contributed by atoms with Gasteiger partial charge in [0.25, 0.3) is 5.56 Å². The lowest BCUT2D eigenvalue weighted by Gasteiger charge is -2.13. The number of halogens is 1. The van der Waals surface area contributed by atoms with Crippen LogP contribution in [-0.4, -0.2) is 30.0 Å². The molecule has 0 radical (unpaired) electrons. The summed E-state index contributed by atoms with van der Waals surface area (Å²) < 4.78 is 3.83. The summed E-state index contributed by atoms with van der Waals surface area (Å²) in [7, 11) is 0. The normalized spacial score (nSPS) is 10.8. The van der Waals surface area contributed by atoms with Gasteiger partial charge in [-0.3, -0.25) is 18.8 Å². The molecule has 4 rings (SSSR count). The topological polar surface area (TPSA) is 104 Å². The minimum Gasteiger partial charge on any atom is -0.326 e. The van der Waals surface area contributed by atoms with Crippen LogP contribution in [0.5, 0.6) is 0 Å². The highest BCUT2D eigenvalue weighted by Gasteiger charge is 2.16. The molecule has 10 heteroatoms. The number of amides is 1. The third-order valence-electron chi connectivity index (χ3n) is 4.66. The second-order valence-corrected chi connectivity index (χ2v) is 7.53.